The summed E-state index contributed by atoms with van der Waals surface area (Å²) in [6, 6.07) is 12.1. The van der Waals surface area contributed by atoms with Crippen LogP contribution < -0.4 is 5.73 Å². The monoisotopic (exact) mass is 348 g/mol. The highest BCUT2D eigenvalue weighted by Gasteiger charge is 2.31. The first-order valence-corrected chi connectivity index (χ1v) is 9.35. The first kappa shape index (κ1) is 16.8. The molecule has 1 atom stereocenters. The Morgan fingerprint density at radius 3 is 2.65 bits per heavy atom. The number of nitrogen functional groups attached to an aromatic ring is 1. The van der Waals surface area contributed by atoms with Gasteiger partial charge in [-0.1, -0.05) is 30.3 Å². The predicted molar refractivity (Wildman–Crippen MR) is 102 cm³/mol. The van der Waals surface area contributed by atoms with E-state index in [1.807, 2.05) is 23.1 Å². The van der Waals surface area contributed by atoms with Crippen molar-refractivity contribution in [1.29, 1.82) is 5.41 Å². The molecule has 2 fully saturated rings. The second-order valence-electron chi connectivity index (χ2n) is 7.27. The van der Waals surface area contributed by atoms with Crippen LogP contribution in [0.15, 0.2) is 42.6 Å². The third-order valence-corrected chi connectivity index (χ3v) is 5.39. The number of pyridine rings is 1. The summed E-state index contributed by atoms with van der Waals surface area (Å²) in [5.41, 5.74) is 8.82. The van der Waals surface area contributed by atoms with Crippen LogP contribution in [0.25, 0.3) is 0 Å². The molecule has 2 aromatic rings. The van der Waals surface area contributed by atoms with Crippen LogP contribution in [-0.2, 0) is 0 Å². The molecule has 4 rings (SSSR count). The number of rotatable bonds is 4. The molecular weight excluding hydrogens is 324 g/mol. The van der Waals surface area contributed by atoms with Gasteiger partial charge in [-0.25, -0.2) is 4.98 Å². The number of amides is 1. The van der Waals surface area contributed by atoms with Crippen molar-refractivity contribution in [3.63, 3.8) is 0 Å². The number of nitrogens with zero attached hydrogens (tertiary/aromatic N) is 2. The van der Waals surface area contributed by atoms with Gasteiger partial charge in [-0.15, -0.1) is 0 Å². The van der Waals surface area contributed by atoms with Gasteiger partial charge in [-0.2, -0.15) is 0 Å². The van der Waals surface area contributed by atoms with Crippen molar-refractivity contribution < 1.29 is 4.79 Å². The zero-order valence-corrected chi connectivity index (χ0v) is 14.8. The normalized spacial score (nSPS) is 20.0. The molecule has 1 saturated heterocycles. The highest BCUT2D eigenvalue weighted by molar-refractivity contribution is 6.06. The van der Waals surface area contributed by atoms with Crippen LogP contribution in [0.2, 0.25) is 0 Å². The molecule has 2 heterocycles. The SMILES string of the molecule is N=C(c1cc(C(=O)N2CCCCC2c2ccccc2)cnc1N)C1CC1. The second-order valence-corrected chi connectivity index (χ2v) is 7.27. The number of nitrogens with two attached hydrogens (primary N) is 1. The first-order valence-electron chi connectivity index (χ1n) is 9.35. The fourth-order valence-corrected chi connectivity index (χ4v) is 3.76. The summed E-state index contributed by atoms with van der Waals surface area (Å²) in [7, 11) is 0. The van der Waals surface area contributed by atoms with E-state index in [9.17, 15) is 4.79 Å². The molecule has 3 N–H and O–H groups in total. The van der Waals surface area contributed by atoms with Crippen LogP contribution in [-0.4, -0.2) is 28.0 Å². The Hall–Kier alpha value is -2.69. The molecule has 1 saturated carbocycles. The summed E-state index contributed by atoms with van der Waals surface area (Å²) in [6.45, 7) is 0.748. The van der Waals surface area contributed by atoms with Gasteiger partial charge in [-0.05, 0) is 43.7 Å². The van der Waals surface area contributed by atoms with E-state index in [0.717, 1.165) is 38.6 Å². The lowest BCUT2D eigenvalue weighted by Crippen LogP contribution is -2.38. The van der Waals surface area contributed by atoms with E-state index < -0.39 is 0 Å². The third-order valence-electron chi connectivity index (χ3n) is 5.39. The molecule has 1 aliphatic heterocycles. The van der Waals surface area contributed by atoms with E-state index in [2.05, 4.69) is 17.1 Å². The molecular formula is C21H24N4O. The number of likely N-dealkylation sites (tertiary alicyclic amines) is 1. The van der Waals surface area contributed by atoms with Crippen molar-refractivity contribution in [3.8, 4) is 0 Å². The van der Waals surface area contributed by atoms with Gasteiger partial charge >= 0.3 is 0 Å². The highest BCUT2D eigenvalue weighted by Crippen LogP contribution is 2.35. The largest absolute Gasteiger partial charge is 0.383 e. The van der Waals surface area contributed by atoms with Gasteiger partial charge in [-0.3, -0.25) is 4.79 Å². The molecule has 1 aromatic heterocycles. The smallest absolute Gasteiger partial charge is 0.255 e. The molecule has 1 aromatic carbocycles. The van der Waals surface area contributed by atoms with Crippen molar-refractivity contribution >= 4 is 17.4 Å². The molecule has 1 aliphatic carbocycles. The Labute approximate surface area is 153 Å². The van der Waals surface area contributed by atoms with E-state index >= 15 is 0 Å². The Morgan fingerprint density at radius 2 is 1.92 bits per heavy atom. The summed E-state index contributed by atoms with van der Waals surface area (Å²) < 4.78 is 0. The molecule has 1 amide bonds. The maximum Gasteiger partial charge on any atom is 0.255 e. The molecule has 26 heavy (non-hydrogen) atoms. The van der Waals surface area contributed by atoms with Crippen LogP contribution in [0.5, 0.6) is 0 Å². The maximum absolute atomic E-state index is 13.2. The van der Waals surface area contributed by atoms with Crippen molar-refractivity contribution in [1.82, 2.24) is 9.88 Å². The van der Waals surface area contributed by atoms with E-state index in [1.54, 1.807) is 12.3 Å². The maximum atomic E-state index is 13.2. The lowest BCUT2D eigenvalue weighted by molar-refractivity contribution is 0.0611. The average Bonchev–Trinajstić information content (AvgIpc) is 3.53. The minimum Gasteiger partial charge on any atom is -0.383 e. The van der Waals surface area contributed by atoms with Gasteiger partial charge in [0, 0.05) is 29.9 Å². The van der Waals surface area contributed by atoms with Crippen LogP contribution in [0.3, 0.4) is 0 Å². The molecule has 134 valence electrons. The van der Waals surface area contributed by atoms with Crippen LogP contribution >= 0.6 is 0 Å². The van der Waals surface area contributed by atoms with E-state index in [0.29, 0.717) is 22.7 Å². The zero-order chi connectivity index (χ0) is 18.1. The van der Waals surface area contributed by atoms with Crippen LogP contribution in [0.4, 0.5) is 5.82 Å². The number of hydrogen-bond donors (Lipinski definition) is 2. The Kier molecular flexibility index (Phi) is 4.45. The standard InChI is InChI=1S/C21H24N4O/c22-19(15-9-10-15)17-12-16(13-24-20(17)23)21(26)25-11-5-4-8-18(25)14-6-2-1-3-7-14/h1-3,6-7,12-13,15,18,22H,4-5,8-11H2,(H2,23,24). The van der Waals surface area contributed by atoms with Gasteiger partial charge in [0.15, 0.2) is 0 Å². The number of aromatic nitrogens is 1. The second kappa shape index (κ2) is 6.90. The molecule has 5 nitrogen and oxygen atoms in total. The number of piperidine rings is 1. The molecule has 0 spiro atoms. The summed E-state index contributed by atoms with van der Waals surface area (Å²) >= 11 is 0. The lowest BCUT2D eigenvalue weighted by Gasteiger charge is -2.36. The van der Waals surface area contributed by atoms with Crippen molar-refractivity contribution in [2.45, 2.75) is 38.1 Å². The number of carbonyl (C=O) groups is 1. The Bertz CT molecular complexity index is 829. The van der Waals surface area contributed by atoms with E-state index in [4.69, 9.17) is 11.1 Å². The number of benzene rings is 1. The van der Waals surface area contributed by atoms with Gasteiger partial charge in [0.1, 0.15) is 5.82 Å². The van der Waals surface area contributed by atoms with Gasteiger partial charge in [0.25, 0.3) is 5.91 Å². The number of carbonyl (C=O) groups excluding carboxylic acids is 1. The summed E-state index contributed by atoms with van der Waals surface area (Å²) in [5.74, 6) is 0.601. The van der Waals surface area contributed by atoms with E-state index in [-0.39, 0.29) is 17.9 Å². The summed E-state index contributed by atoms with van der Waals surface area (Å²) in [5, 5.41) is 8.30. The van der Waals surface area contributed by atoms with Crippen LogP contribution in [0.1, 0.15) is 59.6 Å². The zero-order valence-electron chi connectivity index (χ0n) is 14.8. The van der Waals surface area contributed by atoms with Gasteiger partial charge in [0.2, 0.25) is 0 Å². The number of hydrogen-bond acceptors (Lipinski definition) is 4. The van der Waals surface area contributed by atoms with Crippen molar-refractivity contribution in [2.24, 2.45) is 5.92 Å². The quantitative estimate of drug-likeness (QED) is 0.824. The average molecular weight is 348 g/mol. The fraction of sp³-hybridized carbons (Fsp3) is 0.381. The molecule has 0 radical (unpaired) electrons. The molecule has 5 heteroatoms. The van der Waals surface area contributed by atoms with E-state index in [1.165, 1.54) is 5.56 Å². The minimum absolute atomic E-state index is 0.0177. The fourth-order valence-electron chi connectivity index (χ4n) is 3.76. The molecule has 0 bridgehead atoms. The highest BCUT2D eigenvalue weighted by atomic mass is 16.2. The predicted octanol–water partition coefficient (Wildman–Crippen LogP) is 3.81. The molecule has 1 unspecified atom stereocenters. The molecule has 2 aliphatic rings. The topological polar surface area (TPSA) is 83.1 Å². The van der Waals surface area contributed by atoms with Gasteiger partial charge in [0.05, 0.1) is 11.6 Å². The summed E-state index contributed by atoms with van der Waals surface area (Å²) in [6.07, 6.45) is 6.72. The van der Waals surface area contributed by atoms with Gasteiger partial charge < -0.3 is 16.0 Å². The number of anilines is 1. The van der Waals surface area contributed by atoms with Crippen molar-refractivity contribution in [3.05, 3.63) is 59.3 Å². The number of nitrogens with one attached hydrogen (secondary N) is 1. The Balaban J connectivity index is 1.63. The first-order chi connectivity index (χ1) is 12.6. The van der Waals surface area contributed by atoms with Crippen LogP contribution in [0, 0.1) is 11.3 Å². The minimum atomic E-state index is -0.0177. The Morgan fingerprint density at radius 1 is 1.15 bits per heavy atom. The third kappa shape index (κ3) is 3.21. The summed E-state index contributed by atoms with van der Waals surface area (Å²) in [4.78, 5) is 19.4. The van der Waals surface area contributed by atoms with Crippen molar-refractivity contribution in [2.75, 3.05) is 12.3 Å². The lowest BCUT2D eigenvalue weighted by atomic mass is 9.94.